The van der Waals surface area contributed by atoms with Crippen LogP contribution in [0, 0.1) is 18.5 Å². The number of aromatic amines is 1. The van der Waals surface area contributed by atoms with E-state index in [1.165, 1.54) is 0 Å². The highest BCUT2D eigenvalue weighted by atomic mass is 32.1. The van der Waals surface area contributed by atoms with Crippen LogP contribution in [0.4, 0.5) is 0 Å². The molecule has 0 spiro atoms. The highest BCUT2D eigenvalue weighted by Crippen LogP contribution is 2.25. The summed E-state index contributed by atoms with van der Waals surface area (Å²) in [4.78, 5) is 7.59. The van der Waals surface area contributed by atoms with E-state index in [4.69, 9.17) is 16.6 Å². The zero-order valence-corrected chi connectivity index (χ0v) is 11.0. The fourth-order valence-corrected chi connectivity index (χ4v) is 2.10. The second kappa shape index (κ2) is 4.07. The molecule has 3 nitrogen and oxygen atoms in total. The molecule has 0 saturated heterocycles. The molecular weight excluding hydrogens is 244 g/mol. The molecule has 0 bridgehead atoms. The van der Waals surface area contributed by atoms with Gasteiger partial charge in [0.15, 0.2) is 11.6 Å². The van der Waals surface area contributed by atoms with Crippen LogP contribution in [0.1, 0.15) is 11.3 Å². The summed E-state index contributed by atoms with van der Waals surface area (Å²) >= 11 is 5.24. The van der Waals surface area contributed by atoms with E-state index in [0.29, 0.717) is 16.2 Å². The fourth-order valence-electron chi connectivity index (χ4n) is 1.86. The summed E-state index contributed by atoms with van der Waals surface area (Å²) < 4.78 is 6.38. The topological polar surface area (TPSA) is 41.8 Å². The Labute approximate surface area is 109 Å². The molecule has 2 heterocycles. The summed E-state index contributed by atoms with van der Waals surface area (Å²) in [7, 11) is 0. The van der Waals surface area contributed by atoms with Crippen molar-refractivity contribution in [2.45, 2.75) is 13.8 Å². The standard InChI is InChI=1S/C14H12N2OS/c1-8-9(2)15-13(16-14(8)18)12-7-10-5-3-4-6-11(10)17-12/h3-7H,1-2H3,(H,15,16,18). The Morgan fingerprint density at radius 3 is 2.72 bits per heavy atom. The third-order valence-electron chi connectivity index (χ3n) is 3.06. The van der Waals surface area contributed by atoms with Gasteiger partial charge in [-0.25, -0.2) is 4.98 Å². The summed E-state index contributed by atoms with van der Waals surface area (Å²) in [5.74, 6) is 1.39. The minimum absolute atomic E-state index is 0.613. The van der Waals surface area contributed by atoms with Crippen molar-refractivity contribution in [3.8, 4) is 11.6 Å². The maximum absolute atomic E-state index is 5.76. The van der Waals surface area contributed by atoms with Gasteiger partial charge >= 0.3 is 0 Å². The molecule has 2 aromatic heterocycles. The van der Waals surface area contributed by atoms with Crippen LogP contribution in [0.15, 0.2) is 34.7 Å². The van der Waals surface area contributed by atoms with Crippen LogP contribution >= 0.6 is 12.2 Å². The zero-order chi connectivity index (χ0) is 12.7. The highest BCUT2D eigenvalue weighted by Gasteiger charge is 2.09. The van der Waals surface area contributed by atoms with E-state index < -0.39 is 0 Å². The van der Waals surface area contributed by atoms with Gasteiger partial charge in [-0.2, -0.15) is 0 Å². The van der Waals surface area contributed by atoms with E-state index >= 15 is 0 Å². The Hall–Kier alpha value is -1.94. The van der Waals surface area contributed by atoms with Crippen molar-refractivity contribution in [2.24, 2.45) is 0 Å². The minimum atomic E-state index is 0.613. The first-order valence-corrected chi connectivity index (χ1v) is 6.12. The molecule has 0 saturated carbocycles. The number of hydrogen-bond acceptors (Lipinski definition) is 3. The number of rotatable bonds is 1. The molecule has 3 rings (SSSR count). The third kappa shape index (κ3) is 1.75. The Morgan fingerprint density at radius 2 is 2.00 bits per heavy atom. The summed E-state index contributed by atoms with van der Waals surface area (Å²) in [5, 5.41) is 1.06. The summed E-state index contributed by atoms with van der Waals surface area (Å²) in [5.41, 5.74) is 2.88. The summed E-state index contributed by atoms with van der Waals surface area (Å²) in [6.45, 7) is 3.95. The van der Waals surface area contributed by atoms with Crippen LogP contribution in [0.5, 0.6) is 0 Å². The van der Waals surface area contributed by atoms with Gasteiger partial charge in [0.05, 0.1) is 0 Å². The third-order valence-corrected chi connectivity index (χ3v) is 3.46. The van der Waals surface area contributed by atoms with Crippen molar-refractivity contribution in [3.05, 3.63) is 46.2 Å². The second-order valence-electron chi connectivity index (χ2n) is 4.29. The lowest BCUT2D eigenvalue weighted by Gasteiger charge is -2.02. The molecule has 90 valence electrons. The zero-order valence-electron chi connectivity index (χ0n) is 10.2. The molecule has 0 fully saturated rings. The van der Waals surface area contributed by atoms with E-state index in [2.05, 4.69) is 9.97 Å². The number of fused-ring (bicyclic) bond motifs is 1. The molecule has 0 amide bonds. The summed E-state index contributed by atoms with van der Waals surface area (Å²) in [6.07, 6.45) is 0. The number of benzene rings is 1. The first kappa shape index (κ1) is 11.2. The number of furan rings is 1. The lowest BCUT2D eigenvalue weighted by Crippen LogP contribution is -1.95. The van der Waals surface area contributed by atoms with Crippen LogP contribution in [0.3, 0.4) is 0 Å². The Balaban J connectivity index is 2.23. The number of aryl methyl sites for hydroxylation is 1. The van der Waals surface area contributed by atoms with Crippen LogP contribution in [-0.4, -0.2) is 9.97 Å². The number of para-hydroxylation sites is 1. The number of nitrogens with one attached hydrogen (secondary N) is 1. The molecule has 1 aromatic carbocycles. The van der Waals surface area contributed by atoms with E-state index in [1.807, 2.05) is 44.2 Å². The minimum Gasteiger partial charge on any atom is -0.453 e. The lowest BCUT2D eigenvalue weighted by molar-refractivity contribution is 0.624. The largest absolute Gasteiger partial charge is 0.453 e. The fraction of sp³-hybridized carbons (Fsp3) is 0.143. The molecule has 0 aliphatic heterocycles. The molecule has 0 radical (unpaired) electrons. The van der Waals surface area contributed by atoms with Gasteiger partial charge in [0.25, 0.3) is 0 Å². The van der Waals surface area contributed by atoms with E-state index in [-0.39, 0.29) is 0 Å². The molecule has 0 atom stereocenters. The maximum Gasteiger partial charge on any atom is 0.175 e. The quantitative estimate of drug-likeness (QED) is 0.664. The normalized spacial score (nSPS) is 11.0. The smallest absolute Gasteiger partial charge is 0.175 e. The van der Waals surface area contributed by atoms with Crippen molar-refractivity contribution < 1.29 is 4.42 Å². The summed E-state index contributed by atoms with van der Waals surface area (Å²) in [6, 6.07) is 9.85. The van der Waals surface area contributed by atoms with Crippen molar-refractivity contribution >= 4 is 23.2 Å². The molecule has 3 aromatic rings. The molecule has 0 unspecified atom stereocenters. The van der Waals surface area contributed by atoms with E-state index in [1.54, 1.807) is 0 Å². The molecule has 0 aliphatic rings. The van der Waals surface area contributed by atoms with Gasteiger partial charge in [0.2, 0.25) is 0 Å². The van der Waals surface area contributed by atoms with Gasteiger partial charge in [-0.15, -0.1) is 0 Å². The molecule has 4 heteroatoms. The first-order chi connectivity index (χ1) is 8.65. The molecule has 18 heavy (non-hydrogen) atoms. The lowest BCUT2D eigenvalue weighted by atomic mass is 10.2. The van der Waals surface area contributed by atoms with Crippen LogP contribution in [0.2, 0.25) is 0 Å². The number of aromatic nitrogens is 2. The maximum atomic E-state index is 5.76. The van der Waals surface area contributed by atoms with Crippen molar-refractivity contribution in [3.63, 3.8) is 0 Å². The average Bonchev–Trinajstić information content (AvgIpc) is 2.79. The Kier molecular flexibility index (Phi) is 2.52. The van der Waals surface area contributed by atoms with Crippen molar-refractivity contribution in [1.82, 2.24) is 9.97 Å². The SMILES string of the molecule is Cc1[nH]c(-c2cc3ccccc3o2)nc(=S)c1C. The first-order valence-electron chi connectivity index (χ1n) is 5.71. The van der Waals surface area contributed by atoms with Gasteiger partial charge in [-0.3, -0.25) is 0 Å². The molecule has 0 aliphatic carbocycles. The monoisotopic (exact) mass is 256 g/mol. The van der Waals surface area contributed by atoms with Gasteiger partial charge in [-0.1, -0.05) is 30.4 Å². The van der Waals surface area contributed by atoms with Gasteiger partial charge in [0, 0.05) is 16.6 Å². The van der Waals surface area contributed by atoms with E-state index in [9.17, 15) is 0 Å². The van der Waals surface area contributed by atoms with Crippen LogP contribution in [0.25, 0.3) is 22.6 Å². The van der Waals surface area contributed by atoms with Crippen molar-refractivity contribution in [1.29, 1.82) is 0 Å². The van der Waals surface area contributed by atoms with Gasteiger partial charge < -0.3 is 9.40 Å². The Bertz CT molecular complexity index is 753. The van der Waals surface area contributed by atoms with Crippen molar-refractivity contribution in [2.75, 3.05) is 0 Å². The second-order valence-corrected chi connectivity index (χ2v) is 4.68. The van der Waals surface area contributed by atoms with Gasteiger partial charge in [-0.05, 0) is 26.0 Å². The number of hydrogen-bond donors (Lipinski definition) is 1. The van der Waals surface area contributed by atoms with Crippen LogP contribution in [-0.2, 0) is 0 Å². The Morgan fingerprint density at radius 1 is 1.22 bits per heavy atom. The molecular formula is C14H12N2OS. The van der Waals surface area contributed by atoms with Crippen LogP contribution < -0.4 is 0 Å². The predicted octanol–water partition coefficient (Wildman–Crippen LogP) is 4.17. The molecule has 1 N–H and O–H groups in total. The van der Waals surface area contributed by atoms with E-state index in [0.717, 1.165) is 22.2 Å². The highest BCUT2D eigenvalue weighted by molar-refractivity contribution is 7.71. The predicted molar refractivity (Wildman–Crippen MR) is 74.1 cm³/mol. The number of H-pyrrole nitrogens is 1. The van der Waals surface area contributed by atoms with Gasteiger partial charge in [0.1, 0.15) is 10.2 Å². The number of nitrogens with zero attached hydrogens (tertiary/aromatic N) is 1. The average molecular weight is 256 g/mol.